The van der Waals surface area contributed by atoms with Gasteiger partial charge in [-0.2, -0.15) is 11.8 Å². The van der Waals surface area contributed by atoms with Crippen molar-refractivity contribution >= 4 is 11.8 Å². The summed E-state index contributed by atoms with van der Waals surface area (Å²) in [7, 11) is 2.39. The minimum absolute atomic E-state index is 0.827. The second-order valence-electron chi connectivity index (χ2n) is 6.21. The smallest absolute Gasteiger partial charge is 0.0212 e. The van der Waals surface area contributed by atoms with Crippen LogP contribution in [0.3, 0.4) is 0 Å². The van der Waals surface area contributed by atoms with Gasteiger partial charge >= 0.3 is 0 Å². The number of fused-ring (bicyclic) bond motifs is 2. The zero-order valence-electron chi connectivity index (χ0n) is 11.2. The maximum Gasteiger partial charge on any atom is 0.0212 e. The van der Waals surface area contributed by atoms with E-state index in [-0.39, 0.29) is 0 Å². The van der Waals surface area contributed by atoms with Crippen molar-refractivity contribution in [3.8, 4) is 0 Å². The van der Waals surface area contributed by atoms with E-state index in [0.717, 1.165) is 29.4 Å². The Hall–Kier alpha value is 0.270. The number of nitrogens with one attached hydrogen (secondary N) is 1. The van der Waals surface area contributed by atoms with Crippen molar-refractivity contribution < 1.29 is 0 Å². The molecular weight excluding hydrogens is 228 g/mol. The Morgan fingerprint density at radius 1 is 1.12 bits per heavy atom. The van der Waals surface area contributed by atoms with Crippen LogP contribution in [-0.2, 0) is 0 Å². The molecule has 3 heteroatoms. The maximum atomic E-state index is 3.76. The zero-order valence-corrected chi connectivity index (χ0v) is 12.0. The lowest BCUT2D eigenvalue weighted by molar-refractivity contribution is 0.116. The normalized spacial score (nSPS) is 46.4. The molecule has 2 nitrogen and oxygen atoms in total. The molecule has 0 aromatic heterocycles. The van der Waals surface area contributed by atoms with Crippen molar-refractivity contribution in [1.82, 2.24) is 10.2 Å². The summed E-state index contributed by atoms with van der Waals surface area (Å²) in [6, 6.07) is 3.33. The van der Waals surface area contributed by atoms with Gasteiger partial charge in [0, 0.05) is 29.4 Å². The minimum Gasteiger partial charge on any atom is -0.311 e. The molecule has 3 fully saturated rings. The molecule has 3 aliphatic heterocycles. The van der Waals surface area contributed by atoms with Gasteiger partial charge in [0.2, 0.25) is 0 Å². The Balaban J connectivity index is 1.63. The van der Waals surface area contributed by atoms with Gasteiger partial charge in [0.05, 0.1) is 0 Å². The topological polar surface area (TPSA) is 15.3 Å². The van der Waals surface area contributed by atoms with E-state index in [0.29, 0.717) is 0 Å². The third-order valence-corrected chi connectivity index (χ3v) is 6.48. The van der Waals surface area contributed by atoms with E-state index in [1.807, 2.05) is 0 Å². The summed E-state index contributed by atoms with van der Waals surface area (Å²) in [5.41, 5.74) is 0. The Bertz CT molecular complexity index is 259. The maximum absolute atomic E-state index is 3.76. The fourth-order valence-electron chi connectivity index (χ4n) is 4.07. The van der Waals surface area contributed by atoms with Crippen molar-refractivity contribution in [1.29, 1.82) is 0 Å². The van der Waals surface area contributed by atoms with Gasteiger partial charge < -0.3 is 5.32 Å². The number of thioether (sulfide) groups is 1. The SMILES string of the molecule is CC1SCCCC1N(C)C1CC2CCC(C1)N2. The molecule has 0 aromatic carbocycles. The molecule has 3 heterocycles. The predicted octanol–water partition coefficient (Wildman–Crippen LogP) is 2.49. The fourth-order valence-corrected chi connectivity index (χ4v) is 5.33. The lowest BCUT2D eigenvalue weighted by Gasteiger charge is -2.43. The van der Waals surface area contributed by atoms with Gasteiger partial charge in [-0.3, -0.25) is 4.90 Å². The molecule has 0 spiro atoms. The van der Waals surface area contributed by atoms with E-state index < -0.39 is 0 Å². The number of piperidine rings is 1. The van der Waals surface area contributed by atoms with E-state index in [1.165, 1.54) is 44.3 Å². The first-order valence-electron chi connectivity index (χ1n) is 7.33. The molecule has 0 aliphatic carbocycles. The highest BCUT2D eigenvalue weighted by Crippen LogP contribution is 2.34. The average Bonchev–Trinajstić information content (AvgIpc) is 2.68. The van der Waals surface area contributed by atoms with Crippen LogP contribution in [-0.4, -0.2) is 47.1 Å². The van der Waals surface area contributed by atoms with Crippen LogP contribution >= 0.6 is 11.8 Å². The highest BCUT2D eigenvalue weighted by molar-refractivity contribution is 7.99. The van der Waals surface area contributed by atoms with E-state index in [9.17, 15) is 0 Å². The number of hydrogen-bond donors (Lipinski definition) is 1. The summed E-state index contributed by atoms with van der Waals surface area (Å²) < 4.78 is 0. The Morgan fingerprint density at radius 2 is 1.82 bits per heavy atom. The molecule has 0 saturated carbocycles. The van der Waals surface area contributed by atoms with Crippen LogP contribution in [0.1, 0.15) is 45.4 Å². The van der Waals surface area contributed by atoms with E-state index >= 15 is 0 Å². The van der Waals surface area contributed by atoms with E-state index in [2.05, 4.69) is 35.9 Å². The highest BCUT2D eigenvalue weighted by Gasteiger charge is 2.38. The van der Waals surface area contributed by atoms with Gasteiger partial charge in [-0.05, 0) is 51.3 Å². The molecular formula is C14H26N2S. The van der Waals surface area contributed by atoms with Crippen LogP contribution < -0.4 is 5.32 Å². The van der Waals surface area contributed by atoms with Gasteiger partial charge in [-0.15, -0.1) is 0 Å². The molecule has 17 heavy (non-hydrogen) atoms. The molecule has 2 bridgehead atoms. The van der Waals surface area contributed by atoms with Crippen LogP contribution in [0.15, 0.2) is 0 Å². The van der Waals surface area contributed by atoms with Crippen LogP contribution in [0.4, 0.5) is 0 Å². The van der Waals surface area contributed by atoms with Gasteiger partial charge in [-0.25, -0.2) is 0 Å². The van der Waals surface area contributed by atoms with Crippen LogP contribution in [0.25, 0.3) is 0 Å². The lowest BCUT2D eigenvalue weighted by Crippen LogP contribution is -2.52. The Labute approximate surface area is 110 Å². The van der Waals surface area contributed by atoms with Gasteiger partial charge in [-0.1, -0.05) is 6.92 Å². The molecule has 3 rings (SSSR count). The predicted molar refractivity (Wildman–Crippen MR) is 75.7 cm³/mol. The summed E-state index contributed by atoms with van der Waals surface area (Å²) in [4.78, 5) is 2.74. The van der Waals surface area contributed by atoms with Crippen molar-refractivity contribution in [3.05, 3.63) is 0 Å². The molecule has 3 aliphatic rings. The Kier molecular flexibility index (Phi) is 3.69. The first-order chi connectivity index (χ1) is 8.24. The number of nitrogens with zero attached hydrogens (tertiary/aromatic N) is 1. The second-order valence-corrected chi connectivity index (χ2v) is 7.70. The molecule has 0 radical (unpaired) electrons. The first kappa shape index (κ1) is 12.3. The van der Waals surface area contributed by atoms with E-state index in [4.69, 9.17) is 0 Å². The fraction of sp³-hybridized carbons (Fsp3) is 1.00. The monoisotopic (exact) mass is 254 g/mol. The third kappa shape index (κ3) is 2.52. The largest absolute Gasteiger partial charge is 0.311 e. The molecule has 4 atom stereocenters. The summed E-state index contributed by atoms with van der Waals surface area (Å²) in [5.74, 6) is 1.38. The van der Waals surface area contributed by atoms with Crippen LogP contribution in [0.2, 0.25) is 0 Å². The molecule has 3 saturated heterocycles. The summed E-state index contributed by atoms with van der Waals surface area (Å²) in [5, 5.41) is 4.59. The summed E-state index contributed by atoms with van der Waals surface area (Å²) >= 11 is 2.18. The highest BCUT2D eigenvalue weighted by atomic mass is 32.2. The molecule has 98 valence electrons. The standard InChI is InChI=1S/C14H26N2S/c1-10-14(4-3-7-17-10)16(2)13-8-11-5-6-12(9-13)15-11/h10-15H,3-9H2,1-2H3. The van der Waals surface area contributed by atoms with Crippen molar-refractivity contribution in [2.45, 2.75) is 74.9 Å². The van der Waals surface area contributed by atoms with E-state index in [1.54, 1.807) is 0 Å². The molecule has 0 amide bonds. The van der Waals surface area contributed by atoms with Crippen molar-refractivity contribution in [2.24, 2.45) is 0 Å². The summed E-state index contributed by atoms with van der Waals surface area (Å²) in [6.45, 7) is 2.43. The molecule has 1 N–H and O–H groups in total. The summed E-state index contributed by atoms with van der Waals surface area (Å²) in [6.07, 6.45) is 8.46. The molecule has 0 aromatic rings. The minimum atomic E-state index is 0.827. The second kappa shape index (κ2) is 5.10. The van der Waals surface area contributed by atoms with Crippen LogP contribution in [0.5, 0.6) is 0 Å². The first-order valence-corrected chi connectivity index (χ1v) is 8.38. The molecule has 4 unspecified atom stereocenters. The number of rotatable bonds is 2. The van der Waals surface area contributed by atoms with Crippen molar-refractivity contribution in [2.75, 3.05) is 12.8 Å². The Morgan fingerprint density at radius 3 is 2.47 bits per heavy atom. The number of hydrogen-bond acceptors (Lipinski definition) is 3. The van der Waals surface area contributed by atoms with Gasteiger partial charge in [0.15, 0.2) is 0 Å². The van der Waals surface area contributed by atoms with Gasteiger partial charge in [0.1, 0.15) is 0 Å². The third-order valence-electron chi connectivity index (χ3n) is 5.11. The quantitative estimate of drug-likeness (QED) is 0.815. The lowest BCUT2D eigenvalue weighted by atomic mass is 9.95. The average molecular weight is 254 g/mol. The van der Waals surface area contributed by atoms with Crippen molar-refractivity contribution in [3.63, 3.8) is 0 Å². The van der Waals surface area contributed by atoms with Gasteiger partial charge in [0.25, 0.3) is 0 Å². The van der Waals surface area contributed by atoms with Crippen LogP contribution in [0, 0.1) is 0 Å². The zero-order chi connectivity index (χ0) is 11.8.